The molecule has 0 saturated carbocycles. The fourth-order valence-corrected chi connectivity index (χ4v) is 3.12. The highest BCUT2D eigenvalue weighted by Crippen LogP contribution is 2.28. The molecule has 1 aliphatic rings. The molecule has 1 aliphatic heterocycles. The van der Waals surface area contributed by atoms with Crippen LogP contribution < -0.4 is 4.74 Å². The lowest BCUT2D eigenvalue weighted by atomic mass is 9.83. The minimum atomic E-state index is 0.0677. The molecule has 1 N–H and O–H groups in total. The Hall–Kier alpha value is -0.710. The van der Waals surface area contributed by atoms with Gasteiger partial charge in [0.05, 0.1) is 0 Å². The van der Waals surface area contributed by atoms with Crippen molar-refractivity contribution in [1.82, 2.24) is 4.90 Å². The summed E-state index contributed by atoms with van der Waals surface area (Å²) in [6.07, 6.45) is 4.36. The number of likely N-dealkylation sites (tertiary alicyclic amines) is 1. The molecule has 20 heavy (non-hydrogen) atoms. The molecule has 112 valence electrons. The molecule has 0 spiro atoms. The largest absolute Gasteiger partial charge is 0.492 e. The third-order valence-electron chi connectivity index (χ3n) is 3.98. The van der Waals surface area contributed by atoms with E-state index in [1.807, 2.05) is 12.1 Å². The molecular weight excluding hydrogens is 270 g/mol. The molecule has 1 aromatic rings. The van der Waals surface area contributed by atoms with Gasteiger partial charge in [-0.15, -0.1) is 11.8 Å². The van der Waals surface area contributed by atoms with E-state index in [1.54, 1.807) is 11.8 Å². The van der Waals surface area contributed by atoms with Gasteiger partial charge in [0.25, 0.3) is 0 Å². The molecule has 3 nitrogen and oxygen atoms in total. The molecule has 0 amide bonds. The van der Waals surface area contributed by atoms with Crippen LogP contribution in [0.2, 0.25) is 0 Å². The van der Waals surface area contributed by atoms with Gasteiger partial charge in [-0.05, 0) is 49.9 Å². The number of piperidine rings is 1. The molecule has 1 heterocycles. The summed E-state index contributed by atoms with van der Waals surface area (Å²) in [6, 6.07) is 8.23. The van der Waals surface area contributed by atoms with E-state index in [-0.39, 0.29) is 12.0 Å². The van der Waals surface area contributed by atoms with Crippen LogP contribution in [0.15, 0.2) is 29.2 Å². The summed E-state index contributed by atoms with van der Waals surface area (Å²) >= 11 is 1.74. The maximum absolute atomic E-state index is 9.46. The van der Waals surface area contributed by atoms with Crippen molar-refractivity contribution in [1.29, 1.82) is 0 Å². The van der Waals surface area contributed by atoms with Crippen LogP contribution in [0.1, 0.15) is 19.8 Å². The van der Waals surface area contributed by atoms with Crippen LogP contribution >= 0.6 is 11.8 Å². The maximum atomic E-state index is 9.46. The summed E-state index contributed by atoms with van der Waals surface area (Å²) in [5.74, 6) is 0.935. The highest BCUT2D eigenvalue weighted by Gasteiger charge is 2.29. The topological polar surface area (TPSA) is 32.7 Å². The van der Waals surface area contributed by atoms with E-state index >= 15 is 0 Å². The summed E-state index contributed by atoms with van der Waals surface area (Å²) < 4.78 is 5.80. The number of rotatable bonds is 6. The Morgan fingerprint density at radius 2 is 2.10 bits per heavy atom. The highest BCUT2D eigenvalue weighted by atomic mass is 32.2. The monoisotopic (exact) mass is 295 g/mol. The molecule has 0 bridgehead atoms. The number of nitrogens with zero attached hydrogens (tertiary/aromatic N) is 1. The third kappa shape index (κ3) is 4.40. The molecule has 1 fully saturated rings. The second kappa shape index (κ2) is 7.34. The van der Waals surface area contributed by atoms with Crippen LogP contribution in [0.25, 0.3) is 0 Å². The number of hydrogen-bond donors (Lipinski definition) is 1. The molecule has 1 aromatic carbocycles. The number of ether oxygens (including phenoxy) is 1. The van der Waals surface area contributed by atoms with E-state index in [9.17, 15) is 5.11 Å². The number of thioether (sulfide) groups is 1. The molecular formula is C16H25NO2S. The molecule has 0 radical (unpaired) electrons. The van der Waals surface area contributed by atoms with Gasteiger partial charge >= 0.3 is 0 Å². The lowest BCUT2D eigenvalue weighted by molar-refractivity contribution is 0.0406. The number of aliphatic hydroxyl groups is 1. The first-order chi connectivity index (χ1) is 9.65. The minimum Gasteiger partial charge on any atom is -0.492 e. The smallest absolute Gasteiger partial charge is 0.119 e. The molecule has 4 heteroatoms. The predicted octanol–water partition coefficient (Wildman–Crippen LogP) is 2.88. The zero-order valence-corrected chi connectivity index (χ0v) is 13.3. The molecule has 0 aromatic heterocycles. The van der Waals surface area contributed by atoms with E-state index in [0.717, 1.165) is 31.8 Å². The minimum absolute atomic E-state index is 0.0677. The van der Waals surface area contributed by atoms with Gasteiger partial charge in [-0.25, -0.2) is 0 Å². The van der Waals surface area contributed by atoms with Gasteiger partial charge in [-0.3, -0.25) is 4.90 Å². The van der Waals surface area contributed by atoms with Crippen molar-refractivity contribution in [3.63, 3.8) is 0 Å². The summed E-state index contributed by atoms with van der Waals surface area (Å²) in [7, 11) is 0. The summed E-state index contributed by atoms with van der Waals surface area (Å²) in [4.78, 5) is 3.66. The van der Waals surface area contributed by atoms with Gasteiger partial charge in [-0.2, -0.15) is 0 Å². The lowest BCUT2D eigenvalue weighted by Gasteiger charge is -2.39. The lowest BCUT2D eigenvalue weighted by Crippen LogP contribution is -2.44. The van der Waals surface area contributed by atoms with Crippen LogP contribution in [0.3, 0.4) is 0 Å². The Labute approximate surface area is 126 Å². The fourth-order valence-electron chi connectivity index (χ4n) is 2.71. The van der Waals surface area contributed by atoms with Gasteiger partial charge in [0.15, 0.2) is 0 Å². The standard InChI is InChI=1S/C16H25NO2S/c1-16(13-18)8-3-9-17(12-16)10-11-19-14-4-6-15(20-2)7-5-14/h4-7,18H,3,8-13H2,1-2H3. The van der Waals surface area contributed by atoms with Crippen LogP contribution in [0.5, 0.6) is 5.75 Å². The quantitative estimate of drug-likeness (QED) is 0.818. The average molecular weight is 295 g/mol. The zero-order valence-electron chi connectivity index (χ0n) is 12.5. The Kier molecular flexibility index (Phi) is 5.75. The van der Waals surface area contributed by atoms with E-state index in [2.05, 4.69) is 30.2 Å². The second-order valence-electron chi connectivity index (χ2n) is 5.87. The van der Waals surface area contributed by atoms with Crippen LogP contribution in [0, 0.1) is 5.41 Å². The van der Waals surface area contributed by atoms with E-state index in [1.165, 1.54) is 11.3 Å². The third-order valence-corrected chi connectivity index (χ3v) is 4.72. The fraction of sp³-hybridized carbons (Fsp3) is 0.625. The predicted molar refractivity (Wildman–Crippen MR) is 84.6 cm³/mol. The first-order valence-electron chi connectivity index (χ1n) is 7.25. The Morgan fingerprint density at radius 3 is 2.75 bits per heavy atom. The molecule has 0 aliphatic carbocycles. The van der Waals surface area contributed by atoms with Crippen molar-refractivity contribution in [2.75, 3.05) is 39.1 Å². The van der Waals surface area contributed by atoms with Crippen molar-refractivity contribution >= 4 is 11.8 Å². The first-order valence-corrected chi connectivity index (χ1v) is 8.48. The highest BCUT2D eigenvalue weighted by molar-refractivity contribution is 7.98. The second-order valence-corrected chi connectivity index (χ2v) is 6.75. The summed E-state index contributed by atoms with van der Waals surface area (Å²) in [6.45, 7) is 6.17. The van der Waals surface area contributed by atoms with Crippen molar-refractivity contribution in [3.05, 3.63) is 24.3 Å². The van der Waals surface area contributed by atoms with Gasteiger partial charge in [0, 0.05) is 30.0 Å². The first kappa shape index (κ1) is 15.7. The van der Waals surface area contributed by atoms with E-state index in [0.29, 0.717) is 6.61 Å². The number of benzene rings is 1. The zero-order chi connectivity index (χ0) is 14.4. The van der Waals surface area contributed by atoms with Crippen LogP contribution in [-0.4, -0.2) is 49.1 Å². The van der Waals surface area contributed by atoms with Crippen molar-refractivity contribution in [2.24, 2.45) is 5.41 Å². The SMILES string of the molecule is CSc1ccc(OCCN2CCCC(C)(CO)C2)cc1. The Balaban J connectivity index is 1.75. The van der Waals surface area contributed by atoms with Gasteiger partial charge in [0.2, 0.25) is 0 Å². The number of aliphatic hydroxyl groups excluding tert-OH is 1. The number of hydrogen-bond acceptors (Lipinski definition) is 4. The van der Waals surface area contributed by atoms with Gasteiger partial charge in [-0.1, -0.05) is 6.92 Å². The summed E-state index contributed by atoms with van der Waals surface area (Å²) in [5.41, 5.74) is 0.0677. The van der Waals surface area contributed by atoms with Crippen LogP contribution in [-0.2, 0) is 0 Å². The molecule has 2 rings (SSSR count). The normalized spacial score (nSPS) is 23.8. The van der Waals surface area contributed by atoms with Gasteiger partial charge < -0.3 is 9.84 Å². The van der Waals surface area contributed by atoms with E-state index in [4.69, 9.17) is 4.74 Å². The van der Waals surface area contributed by atoms with Gasteiger partial charge in [0.1, 0.15) is 12.4 Å². The van der Waals surface area contributed by atoms with Crippen LogP contribution in [0.4, 0.5) is 0 Å². The summed E-state index contributed by atoms with van der Waals surface area (Å²) in [5, 5.41) is 9.46. The van der Waals surface area contributed by atoms with Crippen molar-refractivity contribution < 1.29 is 9.84 Å². The Bertz CT molecular complexity index is 409. The van der Waals surface area contributed by atoms with E-state index < -0.39 is 0 Å². The van der Waals surface area contributed by atoms with Crippen molar-refractivity contribution in [3.8, 4) is 5.75 Å². The molecule has 1 atom stereocenters. The Morgan fingerprint density at radius 1 is 1.35 bits per heavy atom. The average Bonchev–Trinajstić information content (AvgIpc) is 2.48. The van der Waals surface area contributed by atoms with Crippen molar-refractivity contribution in [2.45, 2.75) is 24.7 Å². The molecule has 1 saturated heterocycles. The molecule has 1 unspecified atom stereocenters. The maximum Gasteiger partial charge on any atom is 0.119 e.